The van der Waals surface area contributed by atoms with Crippen LogP contribution in [0.3, 0.4) is 0 Å². The molecule has 0 bridgehead atoms. The van der Waals surface area contributed by atoms with Crippen molar-refractivity contribution in [3.05, 3.63) is 47.3 Å². The first-order valence-corrected chi connectivity index (χ1v) is 8.66. The van der Waals surface area contributed by atoms with E-state index in [1.807, 2.05) is 6.07 Å². The highest BCUT2D eigenvalue weighted by Crippen LogP contribution is 2.38. The lowest BCUT2D eigenvalue weighted by molar-refractivity contribution is -0.182. The van der Waals surface area contributed by atoms with E-state index in [-0.39, 0.29) is 11.9 Å². The highest BCUT2D eigenvalue weighted by atomic mass is 35.5. The number of benzene rings is 1. The molecule has 2 aliphatic rings. The Bertz CT molecular complexity index is 737. The molecule has 4 rings (SSSR count). The van der Waals surface area contributed by atoms with Crippen LogP contribution in [0.5, 0.6) is 0 Å². The number of hydrogen-bond donors (Lipinski definition) is 0. The van der Waals surface area contributed by atoms with E-state index in [4.69, 9.17) is 21.1 Å². The van der Waals surface area contributed by atoms with Crippen LogP contribution in [0.1, 0.15) is 37.7 Å². The Labute approximate surface area is 141 Å². The van der Waals surface area contributed by atoms with Crippen LogP contribution in [-0.4, -0.2) is 23.5 Å². The lowest BCUT2D eigenvalue weighted by atomic mass is 9.94. The fourth-order valence-corrected chi connectivity index (χ4v) is 3.72. The van der Waals surface area contributed by atoms with Gasteiger partial charge in [0.2, 0.25) is 0 Å². The Kier molecular flexibility index (Phi) is 4.10. The second-order valence-corrected chi connectivity index (χ2v) is 6.74. The van der Waals surface area contributed by atoms with Crippen LogP contribution in [0.15, 0.2) is 36.5 Å². The topological polar surface area (TPSA) is 31.4 Å². The molecule has 1 saturated heterocycles. The molecule has 120 valence electrons. The van der Waals surface area contributed by atoms with Gasteiger partial charge in [-0.15, -0.1) is 0 Å². The zero-order chi connectivity index (χ0) is 15.7. The standard InChI is InChI=1S/C19H20ClNO2/c20-18-17-12-14(4-6-15(17)8-11-21-18)5-7-16-13-22-19(23-16)9-2-1-3-10-19/h4-8,11-12,16H,1-3,9-10,13H2/b7-5+/t16-/m0/s1. The van der Waals surface area contributed by atoms with Crippen LogP contribution >= 0.6 is 11.6 Å². The summed E-state index contributed by atoms with van der Waals surface area (Å²) in [5.41, 5.74) is 1.10. The van der Waals surface area contributed by atoms with Gasteiger partial charge in [-0.05, 0) is 35.9 Å². The van der Waals surface area contributed by atoms with Crippen LogP contribution in [0.25, 0.3) is 16.8 Å². The third-order valence-corrected chi connectivity index (χ3v) is 5.04. The molecule has 1 saturated carbocycles. The van der Waals surface area contributed by atoms with Gasteiger partial charge in [0, 0.05) is 24.4 Å². The molecule has 3 nitrogen and oxygen atoms in total. The summed E-state index contributed by atoms with van der Waals surface area (Å²) in [6.07, 6.45) is 11.7. The normalized spacial score (nSPS) is 24.0. The summed E-state index contributed by atoms with van der Waals surface area (Å²) in [5.74, 6) is -0.316. The summed E-state index contributed by atoms with van der Waals surface area (Å²) in [6.45, 7) is 0.645. The summed E-state index contributed by atoms with van der Waals surface area (Å²) in [7, 11) is 0. The molecule has 1 aromatic heterocycles. The van der Waals surface area contributed by atoms with Crippen LogP contribution in [0.2, 0.25) is 5.15 Å². The number of halogens is 1. The van der Waals surface area contributed by atoms with Gasteiger partial charge in [-0.2, -0.15) is 0 Å². The van der Waals surface area contributed by atoms with E-state index in [1.54, 1.807) is 6.20 Å². The third kappa shape index (κ3) is 3.14. The molecule has 0 N–H and O–H groups in total. The maximum absolute atomic E-state index is 6.18. The van der Waals surface area contributed by atoms with Crippen LogP contribution in [0, 0.1) is 0 Å². The van der Waals surface area contributed by atoms with Crippen molar-refractivity contribution in [3.8, 4) is 0 Å². The Morgan fingerprint density at radius 3 is 2.91 bits per heavy atom. The minimum atomic E-state index is -0.316. The smallest absolute Gasteiger partial charge is 0.169 e. The van der Waals surface area contributed by atoms with Gasteiger partial charge in [-0.3, -0.25) is 0 Å². The molecule has 0 radical (unpaired) electrons. The zero-order valence-electron chi connectivity index (χ0n) is 13.0. The van der Waals surface area contributed by atoms with Gasteiger partial charge in [0.1, 0.15) is 11.3 Å². The average molecular weight is 330 g/mol. The van der Waals surface area contributed by atoms with E-state index >= 15 is 0 Å². The number of aromatic nitrogens is 1. The van der Waals surface area contributed by atoms with Crippen molar-refractivity contribution < 1.29 is 9.47 Å². The first-order chi connectivity index (χ1) is 11.2. The van der Waals surface area contributed by atoms with Gasteiger partial charge in [-0.1, -0.05) is 42.3 Å². The van der Waals surface area contributed by atoms with Crippen molar-refractivity contribution in [1.29, 1.82) is 0 Å². The van der Waals surface area contributed by atoms with E-state index in [2.05, 4.69) is 35.3 Å². The molecule has 2 fully saturated rings. The van der Waals surface area contributed by atoms with Gasteiger partial charge in [-0.25, -0.2) is 4.98 Å². The number of fused-ring (bicyclic) bond motifs is 1. The molecule has 0 unspecified atom stereocenters. The maximum Gasteiger partial charge on any atom is 0.169 e. The van der Waals surface area contributed by atoms with Gasteiger partial charge in [0.25, 0.3) is 0 Å². The molecule has 0 amide bonds. The molecule has 2 aromatic rings. The molecular weight excluding hydrogens is 310 g/mol. The Hall–Kier alpha value is -1.42. The lowest BCUT2D eigenvalue weighted by Gasteiger charge is -2.31. The van der Waals surface area contributed by atoms with Crippen LogP contribution in [0.4, 0.5) is 0 Å². The van der Waals surface area contributed by atoms with Crippen molar-refractivity contribution in [2.75, 3.05) is 6.61 Å². The van der Waals surface area contributed by atoms with Gasteiger partial charge in [0.15, 0.2) is 5.79 Å². The lowest BCUT2D eigenvalue weighted by Crippen LogP contribution is -2.33. The second kappa shape index (κ2) is 6.23. The maximum atomic E-state index is 6.18. The van der Waals surface area contributed by atoms with Crippen LogP contribution in [-0.2, 0) is 9.47 Å². The monoisotopic (exact) mass is 329 g/mol. The van der Waals surface area contributed by atoms with Crippen molar-refractivity contribution in [1.82, 2.24) is 4.98 Å². The summed E-state index contributed by atoms with van der Waals surface area (Å²) < 4.78 is 12.1. The molecular formula is C19H20ClNO2. The second-order valence-electron chi connectivity index (χ2n) is 6.38. The molecule has 2 heterocycles. The number of rotatable bonds is 2. The fraction of sp³-hybridized carbons (Fsp3) is 0.421. The van der Waals surface area contributed by atoms with E-state index in [9.17, 15) is 0 Å². The molecule has 1 spiro atoms. The van der Waals surface area contributed by atoms with Crippen molar-refractivity contribution >= 4 is 28.4 Å². The molecule has 1 aliphatic heterocycles. The first kappa shape index (κ1) is 15.1. The van der Waals surface area contributed by atoms with Gasteiger partial charge >= 0.3 is 0 Å². The van der Waals surface area contributed by atoms with E-state index in [0.717, 1.165) is 29.2 Å². The highest BCUT2D eigenvalue weighted by Gasteiger charge is 2.41. The summed E-state index contributed by atoms with van der Waals surface area (Å²) in [4.78, 5) is 4.14. The number of nitrogens with zero attached hydrogens (tertiary/aromatic N) is 1. The van der Waals surface area contributed by atoms with E-state index in [0.29, 0.717) is 11.8 Å². The SMILES string of the molecule is Clc1nccc2ccc(/C=C/[C@H]3COC4(CCCCC4)O3)cc12. The Balaban J connectivity index is 1.50. The van der Waals surface area contributed by atoms with E-state index < -0.39 is 0 Å². The predicted octanol–water partition coefficient (Wildman–Crippen LogP) is 4.98. The highest BCUT2D eigenvalue weighted by molar-refractivity contribution is 6.34. The van der Waals surface area contributed by atoms with Crippen molar-refractivity contribution in [2.24, 2.45) is 0 Å². The molecule has 23 heavy (non-hydrogen) atoms. The molecule has 1 aliphatic carbocycles. The summed E-state index contributed by atoms with van der Waals surface area (Å²) in [5, 5.41) is 2.62. The van der Waals surface area contributed by atoms with E-state index in [1.165, 1.54) is 19.3 Å². The average Bonchev–Trinajstić information content (AvgIpc) is 2.97. The summed E-state index contributed by atoms with van der Waals surface area (Å²) in [6, 6.07) is 8.18. The Morgan fingerprint density at radius 1 is 1.17 bits per heavy atom. The molecule has 1 aromatic carbocycles. The first-order valence-electron chi connectivity index (χ1n) is 8.28. The number of pyridine rings is 1. The fourth-order valence-electron chi connectivity index (χ4n) is 3.50. The predicted molar refractivity (Wildman–Crippen MR) is 92.4 cm³/mol. The quantitative estimate of drug-likeness (QED) is 0.728. The summed E-state index contributed by atoms with van der Waals surface area (Å²) >= 11 is 6.17. The van der Waals surface area contributed by atoms with Crippen molar-refractivity contribution in [3.63, 3.8) is 0 Å². The Morgan fingerprint density at radius 2 is 2.04 bits per heavy atom. The molecule has 4 heteroatoms. The van der Waals surface area contributed by atoms with Crippen molar-refractivity contribution in [2.45, 2.75) is 44.0 Å². The molecule has 1 atom stereocenters. The largest absolute Gasteiger partial charge is 0.347 e. The number of ether oxygens (including phenoxy) is 2. The zero-order valence-corrected chi connectivity index (χ0v) is 13.8. The van der Waals surface area contributed by atoms with Crippen LogP contribution < -0.4 is 0 Å². The minimum absolute atomic E-state index is 0.0353. The third-order valence-electron chi connectivity index (χ3n) is 4.74. The minimum Gasteiger partial charge on any atom is -0.347 e. The van der Waals surface area contributed by atoms with Gasteiger partial charge < -0.3 is 9.47 Å². The number of hydrogen-bond acceptors (Lipinski definition) is 3. The van der Waals surface area contributed by atoms with Gasteiger partial charge in [0.05, 0.1) is 6.61 Å².